The molecular formula is C17H18FN3O. The van der Waals surface area contributed by atoms with E-state index in [-0.39, 0.29) is 11.4 Å². The normalized spacial score (nSPS) is 21.1. The first-order valence-electron chi connectivity index (χ1n) is 7.40. The number of aldehydes is 1. The standard InChI is InChI=1S/C17H18FN3O/c1-17(9-13-4-2-5-15(18)8-13)6-3-7-21(17)16-19-10-14(12-22)11-20-16/h2,4-5,8,10-12H,3,6-7,9H2,1H3. The Balaban J connectivity index is 1.85. The first-order valence-corrected chi connectivity index (χ1v) is 7.40. The third-order valence-corrected chi connectivity index (χ3v) is 4.26. The zero-order chi connectivity index (χ0) is 15.6. The summed E-state index contributed by atoms with van der Waals surface area (Å²) < 4.78 is 13.4. The van der Waals surface area contributed by atoms with Crippen LogP contribution in [0.15, 0.2) is 36.7 Å². The molecule has 1 saturated heterocycles. The Morgan fingerprint density at radius 3 is 2.82 bits per heavy atom. The van der Waals surface area contributed by atoms with Crippen molar-refractivity contribution < 1.29 is 9.18 Å². The predicted octanol–water partition coefficient (Wildman–Crippen LogP) is 3.03. The van der Waals surface area contributed by atoms with Gasteiger partial charge in [-0.25, -0.2) is 14.4 Å². The third-order valence-electron chi connectivity index (χ3n) is 4.26. The van der Waals surface area contributed by atoms with Gasteiger partial charge in [-0.3, -0.25) is 4.79 Å². The van der Waals surface area contributed by atoms with Gasteiger partial charge in [0.05, 0.1) is 5.56 Å². The lowest BCUT2D eigenvalue weighted by Crippen LogP contribution is -2.44. The molecule has 0 aliphatic carbocycles. The van der Waals surface area contributed by atoms with Gasteiger partial charge >= 0.3 is 0 Å². The van der Waals surface area contributed by atoms with Crippen LogP contribution >= 0.6 is 0 Å². The maximum Gasteiger partial charge on any atom is 0.225 e. The monoisotopic (exact) mass is 299 g/mol. The number of hydrogen-bond donors (Lipinski definition) is 0. The zero-order valence-corrected chi connectivity index (χ0v) is 12.5. The summed E-state index contributed by atoms with van der Waals surface area (Å²) in [6, 6.07) is 6.72. The van der Waals surface area contributed by atoms with E-state index in [1.165, 1.54) is 18.5 Å². The van der Waals surface area contributed by atoms with E-state index in [1.807, 2.05) is 6.07 Å². The van der Waals surface area contributed by atoms with E-state index in [2.05, 4.69) is 21.8 Å². The highest BCUT2D eigenvalue weighted by molar-refractivity contribution is 5.73. The minimum absolute atomic E-state index is 0.142. The van der Waals surface area contributed by atoms with Crippen molar-refractivity contribution >= 4 is 12.2 Å². The van der Waals surface area contributed by atoms with Crippen LogP contribution in [0.2, 0.25) is 0 Å². The Hall–Kier alpha value is -2.30. The van der Waals surface area contributed by atoms with Crippen LogP contribution in [0.4, 0.5) is 10.3 Å². The maximum atomic E-state index is 13.4. The number of rotatable bonds is 4. The lowest BCUT2D eigenvalue weighted by Gasteiger charge is -2.35. The van der Waals surface area contributed by atoms with Crippen LogP contribution in [0.3, 0.4) is 0 Å². The van der Waals surface area contributed by atoms with Crippen molar-refractivity contribution in [2.24, 2.45) is 0 Å². The first-order chi connectivity index (χ1) is 10.6. The highest BCUT2D eigenvalue weighted by Gasteiger charge is 2.38. The minimum atomic E-state index is -0.211. The van der Waals surface area contributed by atoms with E-state index in [9.17, 15) is 9.18 Å². The van der Waals surface area contributed by atoms with Gasteiger partial charge in [0.1, 0.15) is 5.82 Å². The molecule has 22 heavy (non-hydrogen) atoms. The third kappa shape index (κ3) is 2.84. The molecule has 1 aliphatic rings. The molecule has 2 aromatic rings. The fourth-order valence-electron chi connectivity index (χ4n) is 3.17. The number of carbonyl (C=O) groups is 1. The summed E-state index contributed by atoms with van der Waals surface area (Å²) in [5.74, 6) is 0.416. The molecular weight excluding hydrogens is 281 g/mol. The van der Waals surface area contributed by atoms with Gasteiger partial charge in [0.2, 0.25) is 5.95 Å². The van der Waals surface area contributed by atoms with Crippen LogP contribution in [-0.2, 0) is 6.42 Å². The average Bonchev–Trinajstić information content (AvgIpc) is 2.88. The van der Waals surface area contributed by atoms with Crippen molar-refractivity contribution in [2.75, 3.05) is 11.4 Å². The van der Waals surface area contributed by atoms with Crippen molar-refractivity contribution in [1.29, 1.82) is 0 Å². The Morgan fingerprint density at radius 2 is 2.14 bits per heavy atom. The Morgan fingerprint density at radius 1 is 1.36 bits per heavy atom. The molecule has 114 valence electrons. The summed E-state index contributed by atoms with van der Waals surface area (Å²) in [5, 5.41) is 0. The number of aromatic nitrogens is 2. The summed E-state index contributed by atoms with van der Waals surface area (Å²) in [7, 11) is 0. The second-order valence-electron chi connectivity index (χ2n) is 5.99. The highest BCUT2D eigenvalue weighted by atomic mass is 19.1. The minimum Gasteiger partial charge on any atom is -0.335 e. The molecule has 1 unspecified atom stereocenters. The van der Waals surface area contributed by atoms with E-state index in [1.54, 1.807) is 12.1 Å². The number of hydrogen-bond acceptors (Lipinski definition) is 4. The Labute approximate surface area is 129 Å². The van der Waals surface area contributed by atoms with Gasteiger partial charge < -0.3 is 4.90 Å². The molecule has 4 nitrogen and oxygen atoms in total. The molecule has 1 aromatic heterocycles. The van der Waals surface area contributed by atoms with Gasteiger partial charge in [-0.2, -0.15) is 0 Å². The van der Waals surface area contributed by atoms with Crippen LogP contribution in [0, 0.1) is 5.82 Å². The smallest absolute Gasteiger partial charge is 0.225 e. The molecule has 1 aliphatic heterocycles. The molecule has 0 radical (unpaired) electrons. The predicted molar refractivity (Wildman–Crippen MR) is 82.5 cm³/mol. The highest BCUT2D eigenvalue weighted by Crippen LogP contribution is 2.34. The van der Waals surface area contributed by atoms with E-state index >= 15 is 0 Å². The number of nitrogens with zero attached hydrogens (tertiary/aromatic N) is 3. The van der Waals surface area contributed by atoms with Crippen molar-refractivity contribution in [2.45, 2.75) is 31.7 Å². The summed E-state index contributed by atoms with van der Waals surface area (Å²) in [6.07, 6.45) is 6.60. The molecule has 0 amide bonds. The molecule has 3 rings (SSSR count). The molecule has 0 bridgehead atoms. The Kier molecular flexibility index (Phi) is 3.88. The fourth-order valence-corrected chi connectivity index (χ4v) is 3.17. The van der Waals surface area contributed by atoms with Gasteiger partial charge in [0, 0.05) is 24.5 Å². The number of halogens is 1. The summed E-state index contributed by atoms with van der Waals surface area (Å²) in [6.45, 7) is 3.02. The first kappa shape index (κ1) is 14.6. The fraction of sp³-hybridized carbons (Fsp3) is 0.353. The summed E-state index contributed by atoms with van der Waals surface area (Å²) in [5.41, 5.74) is 1.30. The molecule has 5 heteroatoms. The second kappa shape index (κ2) is 5.83. The van der Waals surface area contributed by atoms with Crippen molar-refractivity contribution in [3.05, 3.63) is 53.6 Å². The van der Waals surface area contributed by atoms with Gasteiger partial charge in [-0.15, -0.1) is 0 Å². The molecule has 1 fully saturated rings. The molecule has 1 atom stereocenters. The quantitative estimate of drug-likeness (QED) is 0.814. The summed E-state index contributed by atoms with van der Waals surface area (Å²) >= 11 is 0. The van der Waals surface area contributed by atoms with Gasteiger partial charge in [0.15, 0.2) is 6.29 Å². The van der Waals surface area contributed by atoms with Gasteiger partial charge in [0.25, 0.3) is 0 Å². The Bertz CT molecular complexity index is 674. The molecule has 0 saturated carbocycles. The van der Waals surface area contributed by atoms with Gasteiger partial charge in [-0.05, 0) is 43.9 Å². The van der Waals surface area contributed by atoms with Crippen molar-refractivity contribution in [1.82, 2.24) is 9.97 Å². The van der Waals surface area contributed by atoms with Crippen LogP contribution in [-0.4, -0.2) is 28.3 Å². The van der Waals surface area contributed by atoms with Crippen LogP contribution in [0.1, 0.15) is 35.7 Å². The molecule has 2 heterocycles. The lowest BCUT2D eigenvalue weighted by molar-refractivity contribution is 0.112. The lowest BCUT2D eigenvalue weighted by atomic mass is 9.90. The summed E-state index contributed by atoms with van der Waals surface area (Å²) in [4.78, 5) is 21.5. The SMILES string of the molecule is CC1(Cc2cccc(F)c2)CCCN1c1ncc(C=O)cn1. The van der Waals surface area contributed by atoms with E-state index in [0.717, 1.165) is 37.7 Å². The number of anilines is 1. The molecule has 1 aromatic carbocycles. The topological polar surface area (TPSA) is 46.1 Å². The van der Waals surface area contributed by atoms with Crippen molar-refractivity contribution in [3.8, 4) is 0 Å². The number of benzene rings is 1. The second-order valence-corrected chi connectivity index (χ2v) is 5.99. The molecule has 0 N–H and O–H groups in total. The maximum absolute atomic E-state index is 13.4. The van der Waals surface area contributed by atoms with E-state index in [4.69, 9.17) is 0 Å². The van der Waals surface area contributed by atoms with E-state index < -0.39 is 0 Å². The van der Waals surface area contributed by atoms with Crippen LogP contribution in [0.25, 0.3) is 0 Å². The zero-order valence-electron chi connectivity index (χ0n) is 12.5. The van der Waals surface area contributed by atoms with Crippen LogP contribution in [0.5, 0.6) is 0 Å². The molecule has 0 spiro atoms. The average molecular weight is 299 g/mol. The van der Waals surface area contributed by atoms with Gasteiger partial charge in [-0.1, -0.05) is 12.1 Å². The largest absolute Gasteiger partial charge is 0.335 e. The van der Waals surface area contributed by atoms with E-state index in [0.29, 0.717) is 11.5 Å². The van der Waals surface area contributed by atoms with Crippen molar-refractivity contribution in [3.63, 3.8) is 0 Å². The van der Waals surface area contributed by atoms with Crippen LogP contribution < -0.4 is 4.90 Å². The number of carbonyl (C=O) groups excluding carboxylic acids is 1.